The molecule has 0 N–H and O–H groups in total. The van der Waals surface area contributed by atoms with Crippen molar-refractivity contribution in [2.45, 2.75) is 0 Å². The highest BCUT2D eigenvalue weighted by atomic mass is 28.3. The first-order valence-corrected chi connectivity index (χ1v) is 27.8. The van der Waals surface area contributed by atoms with Crippen LogP contribution >= 0.6 is 0 Å². The van der Waals surface area contributed by atoms with Crippen molar-refractivity contribution < 1.29 is 0 Å². The number of rotatable bonds is 8. The van der Waals surface area contributed by atoms with Gasteiger partial charge < -0.3 is 0 Å². The number of aromatic nitrogens is 8. The molecule has 0 saturated heterocycles. The minimum absolute atomic E-state index is 0.778. The summed E-state index contributed by atoms with van der Waals surface area (Å²) in [6.45, 7) is 0. The van der Waals surface area contributed by atoms with Gasteiger partial charge in [-0.1, -0.05) is 182 Å². The Hall–Kier alpha value is -10.1. The van der Waals surface area contributed by atoms with E-state index in [-0.39, 0.29) is 0 Å². The fraction of sp³-hybridized carbons (Fsp3) is 0. The summed E-state index contributed by atoms with van der Waals surface area (Å²) in [7, 11) is -3.15. The predicted octanol–water partition coefficient (Wildman–Crippen LogP) is 12.7. The molecule has 76 heavy (non-hydrogen) atoms. The normalized spacial score (nSPS) is 12.2. The monoisotopic (exact) mass is 988 g/mol. The van der Waals surface area contributed by atoms with Gasteiger partial charge in [-0.2, -0.15) is 0 Å². The summed E-state index contributed by atoms with van der Waals surface area (Å²) >= 11 is 0. The Morgan fingerprint density at radius 1 is 0.263 bits per heavy atom. The zero-order chi connectivity index (χ0) is 49.9. The van der Waals surface area contributed by atoms with Crippen LogP contribution in [-0.4, -0.2) is 45.5 Å². The maximum absolute atomic E-state index is 5.69. The average molecular weight is 989 g/mol. The maximum Gasteiger partial charge on any atom is 0.221 e. The molecule has 0 aliphatic carbocycles. The molecule has 0 aliphatic rings. The number of hydrogen-bond donors (Lipinski definition) is 0. The molecule has 0 fully saturated rings. The van der Waals surface area contributed by atoms with E-state index in [9.17, 15) is 0 Å². The Kier molecular flexibility index (Phi) is 9.19. The highest BCUT2D eigenvalue weighted by molar-refractivity contribution is 7.20. The van der Waals surface area contributed by atoms with Gasteiger partial charge in [0.2, 0.25) is 11.6 Å². The second-order valence-electron chi connectivity index (χ2n) is 19.7. The first-order chi connectivity index (χ1) is 37.7. The Morgan fingerprint density at radius 3 is 1.26 bits per heavy atom. The predicted molar refractivity (Wildman–Crippen MR) is 314 cm³/mol. The number of fused-ring (bicyclic) bond motifs is 13. The van der Waals surface area contributed by atoms with E-state index in [2.05, 4.69) is 289 Å². The molecule has 0 radical (unpaired) electrons. The van der Waals surface area contributed by atoms with Gasteiger partial charge in [0.05, 0.1) is 55.2 Å². The van der Waals surface area contributed by atoms with Gasteiger partial charge in [0, 0.05) is 16.5 Å². The van der Waals surface area contributed by atoms with Gasteiger partial charge in [-0.15, -0.1) is 0 Å². The molecule has 0 bridgehead atoms. The van der Waals surface area contributed by atoms with Crippen molar-refractivity contribution in [1.29, 1.82) is 0 Å². The van der Waals surface area contributed by atoms with Gasteiger partial charge in [-0.05, 0) is 117 Å². The van der Waals surface area contributed by atoms with Crippen LogP contribution in [0.3, 0.4) is 0 Å². The molecular formula is C67H44N8Si. The van der Waals surface area contributed by atoms with Crippen LogP contribution in [0.2, 0.25) is 0 Å². The van der Waals surface area contributed by atoms with Crippen LogP contribution in [0.25, 0.3) is 106 Å². The minimum Gasteiger partial charge on any atom is -0.294 e. The molecule has 16 rings (SSSR count). The molecule has 0 saturated carbocycles. The molecule has 0 unspecified atom stereocenters. The summed E-state index contributed by atoms with van der Waals surface area (Å²) in [5.41, 5.74) is 13.7. The second kappa shape index (κ2) is 16.5. The average Bonchev–Trinajstić information content (AvgIpc) is 4.41. The molecule has 0 atom stereocenters. The number of imidazole rings is 4. The molecule has 16 aromatic rings. The highest BCUT2D eigenvalue weighted by Crippen LogP contribution is 2.36. The molecule has 6 heterocycles. The van der Waals surface area contributed by atoms with E-state index in [0.29, 0.717) is 0 Å². The van der Waals surface area contributed by atoms with E-state index in [4.69, 9.17) is 15.0 Å². The molecule has 0 aliphatic heterocycles. The number of pyridine rings is 1. The molecule has 10 aromatic carbocycles. The van der Waals surface area contributed by atoms with Crippen molar-refractivity contribution in [3.63, 3.8) is 0 Å². The highest BCUT2D eigenvalue weighted by Gasteiger charge is 2.42. The summed E-state index contributed by atoms with van der Waals surface area (Å²) in [4.78, 5) is 16.3. The Bertz CT molecular complexity index is 4870. The number of nitrogens with zero attached hydrogens (tertiary/aromatic N) is 8. The van der Waals surface area contributed by atoms with Gasteiger partial charge in [0.1, 0.15) is 11.6 Å². The standard InChI is InChI=1S/C67H44N8Si/c1-3-23-48(24-4-1)76(49-25-5-2-6-26-49,51-28-20-22-47(44-51)71-60-37-15-16-38-61(60)73-58-35-13-9-31-54(58)68-66(71)73)50-27-19-21-45(41-50)46-42-64(72-56-33-11-7-29-52(56)53-30-8-12-34-57(53)72)70-65(43-46)75-63-40-18-17-39-62(63)74-59-36-14-10-32-55(59)69-67(74)75/h1-44H. The lowest BCUT2D eigenvalue weighted by Gasteiger charge is -2.35. The van der Waals surface area contributed by atoms with Gasteiger partial charge >= 0.3 is 0 Å². The van der Waals surface area contributed by atoms with Crippen LogP contribution in [0.4, 0.5) is 0 Å². The van der Waals surface area contributed by atoms with Crippen molar-refractivity contribution in [1.82, 2.24) is 37.5 Å². The first-order valence-electron chi connectivity index (χ1n) is 25.8. The molecule has 8 nitrogen and oxygen atoms in total. The summed E-state index contributed by atoms with van der Waals surface area (Å²) in [5, 5.41) is 7.47. The van der Waals surface area contributed by atoms with Crippen molar-refractivity contribution in [2.24, 2.45) is 0 Å². The zero-order valence-electron chi connectivity index (χ0n) is 41.0. The SMILES string of the molecule is c1ccc([Si](c2ccccc2)(c2cccc(-c3cc(-n4c5ccccc5c5ccccc54)nc(-n4c5ccccc5n5c6ccccc6nc45)c3)c2)c2cccc(-n3c4ccccc4n4c5ccccc5nc34)c2)cc1. The maximum atomic E-state index is 5.69. The number of benzene rings is 10. The summed E-state index contributed by atoms with van der Waals surface area (Å²) in [6, 6.07) is 96.9. The van der Waals surface area contributed by atoms with Crippen LogP contribution in [0.1, 0.15) is 0 Å². The summed E-state index contributed by atoms with van der Waals surface area (Å²) in [5.74, 6) is 3.30. The van der Waals surface area contributed by atoms with Crippen molar-refractivity contribution in [3.05, 3.63) is 267 Å². The molecule has 9 heteroatoms. The fourth-order valence-corrected chi connectivity index (χ4v) is 17.2. The lowest BCUT2D eigenvalue weighted by molar-refractivity contribution is 0.997. The van der Waals surface area contributed by atoms with Gasteiger partial charge in [0.15, 0.2) is 8.07 Å². The molecule has 0 spiro atoms. The second-order valence-corrected chi connectivity index (χ2v) is 23.5. The van der Waals surface area contributed by atoms with Crippen molar-refractivity contribution in [2.75, 3.05) is 0 Å². The molecule has 0 amide bonds. The van der Waals surface area contributed by atoms with E-state index in [1.54, 1.807) is 0 Å². The van der Waals surface area contributed by atoms with Gasteiger partial charge in [-0.3, -0.25) is 22.5 Å². The van der Waals surface area contributed by atoms with E-state index in [1.165, 1.54) is 31.5 Å². The lowest BCUT2D eigenvalue weighted by atomic mass is 10.1. The molecule has 6 aromatic heterocycles. The fourth-order valence-electron chi connectivity index (χ4n) is 12.4. The third kappa shape index (κ3) is 6.08. The van der Waals surface area contributed by atoms with Crippen LogP contribution in [-0.2, 0) is 0 Å². The van der Waals surface area contributed by atoms with Crippen molar-refractivity contribution in [3.8, 4) is 28.5 Å². The first kappa shape index (κ1) is 42.4. The molecule has 356 valence electrons. The van der Waals surface area contributed by atoms with Gasteiger partial charge in [0.25, 0.3) is 0 Å². The quantitative estimate of drug-likeness (QED) is 0.113. The number of hydrogen-bond acceptors (Lipinski definition) is 3. The third-order valence-electron chi connectivity index (χ3n) is 15.6. The Morgan fingerprint density at radius 2 is 0.684 bits per heavy atom. The van der Waals surface area contributed by atoms with E-state index in [1.807, 2.05) is 0 Å². The van der Waals surface area contributed by atoms with E-state index < -0.39 is 8.07 Å². The van der Waals surface area contributed by atoms with Crippen molar-refractivity contribution >= 4 is 106 Å². The van der Waals surface area contributed by atoms with Crippen LogP contribution in [0.5, 0.6) is 0 Å². The Labute approximate surface area is 436 Å². The largest absolute Gasteiger partial charge is 0.294 e. The van der Waals surface area contributed by atoms with E-state index in [0.717, 1.165) is 95.2 Å². The lowest BCUT2D eigenvalue weighted by Crippen LogP contribution is -2.74. The Balaban J connectivity index is 0.970. The summed E-state index contributed by atoms with van der Waals surface area (Å²) in [6.07, 6.45) is 0. The third-order valence-corrected chi connectivity index (χ3v) is 20.4. The smallest absolute Gasteiger partial charge is 0.221 e. The summed E-state index contributed by atoms with van der Waals surface area (Å²) < 4.78 is 11.5. The topological polar surface area (TPSA) is 62.3 Å². The number of para-hydroxylation sites is 10. The van der Waals surface area contributed by atoms with E-state index >= 15 is 0 Å². The van der Waals surface area contributed by atoms with Crippen LogP contribution < -0.4 is 20.7 Å². The van der Waals surface area contributed by atoms with Crippen LogP contribution in [0, 0.1) is 0 Å². The minimum atomic E-state index is -3.15. The molecular weight excluding hydrogens is 945 g/mol. The van der Waals surface area contributed by atoms with Crippen LogP contribution in [0.15, 0.2) is 267 Å². The van der Waals surface area contributed by atoms with Gasteiger partial charge in [-0.25, -0.2) is 15.0 Å². The zero-order valence-corrected chi connectivity index (χ0v) is 42.0.